The molecule has 2 aromatic heterocycles. The summed E-state index contributed by atoms with van der Waals surface area (Å²) < 4.78 is 29.5. The van der Waals surface area contributed by atoms with Gasteiger partial charge < -0.3 is 0 Å². The Morgan fingerprint density at radius 1 is 0.909 bits per heavy atom. The van der Waals surface area contributed by atoms with Crippen molar-refractivity contribution in [3.8, 4) is 17.1 Å². The van der Waals surface area contributed by atoms with Crippen LogP contribution in [-0.2, 0) is 15.8 Å². The van der Waals surface area contributed by atoms with Crippen molar-refractivity contribution in [3.63, 3.8) is 0 Å². The SMILES string of the molecule is CCN(CC)S(=O)(=O)c1cccc(-c2nnc(SCc3ccccn3)n2-c2ccccc2)c1. The van der Waals surface area contributed by atoms with Crippen LogP contribution >= 0.6 is 11.8 Å². The fraction of sp³-hybridized carbons (Fsp3) is 0.208. The number of benzene rings is 2. The second-order valence-corrected chi connectivity index (χ2v) is 10.1. The van der Waals surface area contributed by atoms with Gasteiger partial charge in [-0.1, -0.05) is 62.0 Å². The van der Waals surface area contributed by atoms with Crippen LogP contribution in [0.3, 0.4) is 0 Å². The molecule has 4 aromatic rings. The van der Waals surface area contributed by atoms with Gasteiger partial charge in [-0.25, -0.2) is 8.42 Å². The van der Waals surface area contributed by atoms with E-state index in [-0.39, 0.29) is 4.90 Å². The molecule has 2 aromatic carbocycles. The van der Waals surface area contributed by atoms with Crippen LogP contribution in [0.5, 0.6) is 0 Å². The highest BCUT2D eigenvalue weighted by molar-refractivity contribution is 7.98. The van der Waals surface area contributed by atoms with E-state index in [1.807, 2.05) is 73.0 Å². The lowest BCUT2D eigenvalue weighted by molar-refractivity contribution is 0.445. The average Bonchev–Trinajstić information content (AvgIpc) is 3.28. The molecule has 0 unspecified atom stereocenters. The zero-order valence-electron chi connectivity index (χ0n) is 18.5. The third kappa shape index (κ3) is 5.00. The van der Waals surface area contributed by atoms with Crippen LogP contribution in [0, 0.1) is 0 Å². The van der Waals surface area contributed by atoms with E-state index in [2.05, 4.69) is 15.2 Å². The summed E-state index contributed by atoms with van der Waals surface area (Å²) in [6.07, 6.45) is 1.77. The summed E-state index contributed by atoms with van der Waals surface area (Å²) in [5.41, 5.74) is 2.53. The minimum Gasteiger partial charge on any atom is -0.270 e. The number of hydrogen-bond acceptors (Lipinski definition) is 6. The Morgan fingerprint density at radius 3 is 2.36 bits per heavy atom. The molecule has 0 bridgehead atoms. The number of para-hydroxylation sites is 1. The minimum absolute atomic E-state index is 0.244. The molecule has 0 saturated carbocycles. The van der Waals surface area contributed by atoms with Crippen LogP contribution in [0.15, 0.2) is 89.0 Å². The van der Waals surface area contributed by atoms with Crippen molar-refractivity contribution in [1.82, 2.24) is 24.1 Å². The molecule has 33 heavy (non-hydrogen) atoms. The molecule has 0 spiro atoms. The molecule has 0 radical (unpaired) electrons. The van der Waals surface area contributed by atoms with Gasteiger partial charge in [-0.2, -0.15) is 4.31 Å². The zero-order valence-corrected chi connectivity index (χ0v) is 20.1. The van der Waals surface area contributed by atoms with Crippen LogP contribution in [0.25, 0.3) is 17.1 Å². The van der Waals surface area contributed by atoms with Crippen molar-refractivity contribution in [2.24, 2.45) is 0 Å². The molecular formula is C24H25N5O2S2. The molecule has 4 rings (SSSR count). The largest absolute Gasteiger partial charge is 0.270 e. The van der Waals surface area contributed by atoms with E-state index in [4.69, 9.17) is 0 Å². The van der Waals surface area contributed by atoms with E-state index in [1.54, 1.807) is 24.4 Å². The van der Waals surface area contributed by atoms with Crippen LogP contribution in [-0.4, -0.2) is 45.6 Å². The lowest BCUT2D eigenvalue weighted by Crippen LogP contribution is -2.30. The molecule has 0 saturated heterocycles. The van der Waals surface area contributed by atoms with E-state index < -0.39 is 10.0 Å². The lowest BCUT2D eigenvalue weighted by atomic mass is 10.2. The molecule has 170 valence electrons. The van der Waals surface area contributed by atoms with Gasteiger partial charge >= 0.3 is 0 Å². The highest BCUT2D eigenvalue weighted by atomic mass is 32.2. The molecule has 0 aliphatic heterocycles. The average molecular weight is 480 g/mol. The Morgan fingerprint density at radius 2 is 1.67 bits per heavy atom. The Balaban J connectivity index is 1.76. The molecule has 0 amide bonds. The second-order valence-electron chi connectivity index (χ2n) is 7.20. The van der Waals surface area contributed by atoms with E-state index in [1.165, 1.54) is 16.1 Å². The standard InChI is InChI=1S/C24H25N5O2S2/c1-3-28(4-2)33(30,31)22-15-10-11-19(17-22)23-26-27-24(29(23)21-13-6-5-7-14-21)32-18-20-12-8-9-16-25-20/h5-17H,3-4,18H2,1-2H3. The molecular weight excluding hydrogens is 454 g/mol. The van der Waals surface area contributed by atoms with Crippen molar-refractivity contribution in [2.75, 3.05) is 13.1 Å². The maximum absolute atomic E-state index is 13.1. The molecule has 9 heteroatoms. The van der Waals surface area contributed by atoms with Crippen molar-refractivity contribution in [2.45, 2.75) is 29.7 Å². The van der Waals surface area contributed by atoms with Crippen LogP contribution in [0.1, 0.15) is 19.5 Å². The summed E-state index contributed by atoms with van der Waals surface area (Å²) in [6, 6.07) is 22.5. The summed E-state index contributed by atoms with van der Waals surface area (Å²) in [5.74, 6) is 1.23. The summed E-state index contributed by atoms with van der Waals surface area (Å²) in [7, 11) is -3.59. The predicted octanol–water partition coefficient (Wildman–Crippen LogP) is 4.65. The van der Waals surface area contributed by atoms with Gasteiger partial charge in [0.05, 0.1) is 10.6 Å². The number of aromatic nitrogens is 4. The third-order valence-electron chi connectivity index (χ3n) is 5.16. The maximum Gasteiger partial charge on any atom is 0.243 e. The number of hydrogen-bond donors (Lipinski definition) is 0. The summed E-state index contributed by atoms with van der Waals surface area (Å²) in [6.45, 7) is 4.50. The summed E-state index contributed by atoms with van der Waals surface area (Å²) in [5, 5.41) is 9.59. The van der Waals surface area contributed by atoms with Gasteiger partial charge in [-0.3, -0.25) is 9.55 Å². The fourth-order valence-corrected chi connectivity index (χ4v) is 5.86. The van der Waals surface area contributed by atoms with E-state index >= 15 is 0 Å². The highest BCUT2D eigenvalue weighted by Crippen LogP contribution is 2.30. The number of rotatable bonds is 9. The van der Waals surface area contributed by atoms with Crippen LogP contribution in [0.2, 0.25) is 0 Å². The van der Waals surface area contributed by atoms with Crippen molar-refractivity contribution < 1.29 is 8.42 Å². The smallest absolute Gasteiger partial charge is 0.243 e. The van der Waals surface area contributed by atoms with E-state index in [0.29, 0.717) is 35.4 Å². The first kappa shape index (κ1) is 23.2. The summed E-state index contributed by atoms with van der Waals surface area (Å²) in [4.78, 5) is 4.63. The van der Waals surface area contributed by atoms with E-state index in [9.17, 15) is 8.42 Å². The Kier molecular flexibility index (Phi) is 7.22. The van der Waals surface area contributed by atoms with Crippen LogP contribution in [0.4, 0.5) is 0 Å². The first-order valence-corrected chi connectivity index (χ1v) is 13.1. The van der Waals surface area contributed by atoms with Gasteiger partial charge in [0, 0.05) is 36.3 Å². The molecule has 2 heterocycles. The molecule has 0 atom stereocenters. The van der Waals surface area contributed by atoms with Gasteiger partial charge in [0.25, 0.3) is 0 Å². The van der Waals surface area contributed by atoms with Crippen molar-refractivity contribution >= 4 is 21.8 Å². The van der Waals surface area contributed by atoms with Gasteiger partial charge in [-0.15, -0.1) is 10.2 Å². The number of nitrogens with zero attached hydrogens (tertiary/aromatic N) is 5. The number of pyridine rings is 1. The maximum atomic E-state index is 13.1. The number of sulfonamides is 1. The first-order valence-electron chi connectivity index (χ1n) is 10.7. The fourth-order valence-electron chi connectivity index (χ4n) is 3.49. The van der Waals surface area contributed by atoms with Crippen LogP contribution < -0.4 is 0 Å². The van der Waals surface area contributed by atoms with Gasteiger partial charge in [0.1, 0.15) is 0 Å². The minimum atomic E-state index is -3.59. The van der Waals surface area contributed by atoms with Gasteiger partial charge in [0.2, 0.25) is 10.0 Å². The third-order valence-corrected chi connectivity index (χ3v) is 8.17. The lowest BCUT2D eigenvalue weighted by Gasteiger charge is -2.19. The Labute approximate surface area is 198 Å². The predicted molar refractivity (Wildman–Crippen MR) is 131 cm³/mol. The number of thioether (sulfide) groups is 1. The molecule has 0 N–H and O–H groups in total. The second kappa shape index (κ2) is 10.3. The van der Waals surface area contributed by atoms with E-state index in [0.717, 1.165) is 11.4 Å². The monoisotopic (exact) mass is 479 g/mol. The highest BCUT2D eigenvalue weighted by Gasteiger charge is 2.23. The zero-order chi connectivity index (χ0) is 23.3. The molecule has 0 fully saturated rings. The van der Waals surface area contributed by atoms with Crippen molar-refractivity contribution in [3.05, 3.63) is 84.7 Å². The molecule has 0 aliphatic rings. The van der Waals surface area contributed by atoms with Gasteiger partial charge in [0.15, 0.2) is 11.0 Å². The molecule has 0 aliphatic carbocycles. The van der Waals surface area contributed by atoms with Gasteiger partial charge in [-0.05, 0) is 36.4 Å². The summed E-state index contributed by atoms with van der Waals surface area (Å²) >= 11 is 1.53. The topological polar surface area (TPSA) is 81.0 Å². The quantitative estimate of drug-likeness (QED) is 0.325. The first-order chi connectivity index (χ1) is 16.0. The van der Waals surface area contributed by atoms with Crippen molar-refractivity contribution in [1.29, 1.82) is 0 Å². The Bertz CT molecular complexity index is 1310. The Hall–Kier alpha value is -3.01. The normalized spacial score (nSPS) is 11.7. The molecule has 7 nitrogen and oxygen atoms in total.